The minimum atomic E-state index is -5.21. The number of phosphoric acid groups is 1. The van der Waals surface area contributed by atoms with Crippen molar-refractivity contribution < 1.29 is 32.0 Å². The van der Waals surface area contributed by atoms with Crippen molar-refractivity contribution in [2.45, 2.75) is 38.5 Å². The molecule has 2 unspecified atom stereocenters. The van der Waals surface area contributed by atoms with Crippen LogP contribution in [0.5, 0.6) is 0 Å². The number of rotatable bonds is 5. The molecule has 4 nitrogen and oxygen atoms in total. The van der Waals surface area contributed by atoms with Gasteiger partial charge in [-0.1, -0.05) is 6.92 Å². The zero-order valence-corrected chi connectivity index (χ0v) is 11.0. The van der Waals surface area contributed by atoms with Crippen molar-refractivity contribution in [2.24, 2.45) is 5.92 Å². The quantitative estimate of drug-likeness (QED) is 0.465. The summed E-state index contributed by atoms with van der Waals surface area (Å²) in [5.74, 6) is 6.72. The van der Waals surface area contributed by atoms with Gasteiger partial charge in [0.05, 0.1) is 0 Å². The molecule has 0 aliphatic heterocycles. The summed E-state index contributed by atoms with van der Waals surface area (Å²) in [6.45, 7) is 1.41. The van der Waals surface area contributed by atoms with Crippen molar-refractivity contribution >= 4 is 7.82 Å². The van der Waals surface area contributed by atoms with Crippen LogP contribution in [0.2, 0.25) is 0 Å². The van der Waals surface area contributed by atoms with Gasteiger partial charge < -0.3 is 9.79 Å². The fraction of sp³-hybridized carbons (Fsp3) is 0.636. The van der Waals surface area contributed by atoms with E-state index in [1.54, 1.807) is 0 Å². The zero-order chi connectivity index (χ0) is 15.1. The first-order chi connectivity index (χ1) is 8.56. The second-order valence-electron chi connectivity index (χ2n) is 3.79. The highest BCUT2D eigenvalue weighted by molar-refractivity contribution is 7.46. The molecule has 108 valence electrons. The van der Waals surface area contributed by atoms with Gasteiger partial charge in [-0.15, -0.1) is 24.2 Å². The van der Waals surface area contributed by atoms with Gasteiger partial charge >= 0.3 is 14.0 Å². The Hall–Kier alpha value is -0.980. The first-order valence-corrected chi connectivity index (χ1v) is 6.82. The van der Waals surface area contributed by atoms with Gasteiger partial charge in [0.2, 0.25) is 0 Å². The van der Waals surface area contributed by atoms with Crippen LogP contribution in [0, 0.1) is 30.1 Å². The fourth-order valence-corrected chi connectivity index (χ4v) is 1.70. The maximum absolute atomic E-state index is 12.5. The van der Waals surface area contributed by atoms with Crippen molar-refractivity contribution in [2.75, 3.05) is 0 Å². The normalized spacial score (nSPS) is 15.0. The van der Waals surface area contributed by atoms with Crippen molar-refractivity contribution in [3.05, 3.63) is 0 Å². The Morgan fingerprint density at radius 2 is 1.95 bits per heavy atom. The van der Waals surface area contributed by atoms with Gasteiger partial charge in [0.25, 0.3) is 0 Å². The summed E-state index contributed by atoms with van der Waals surface area (Å²) in [6.07, 6.45) is -2.34. The molecule has 0 aromatic heterocycles. The fourth-order valence-electron chi connectivity index (χ4n) is 1.16. The van der Waals surface area contributed by atoms with Crippen molar-refractivity contribution in [1.82, 2.24) is 0 Å². The second-order valence-corrected chi connectivity index (χ2v) is 4.98. The summed E-state index contributed by atoms with van der Waals surface area (Å²) in [6, 6.07) is 0. The minimum Gasteiger partial charge on any atom is -0.303 e. The predicted octanol–water partition coefficient (Wildman–Crippen LogP) is 2.47. The average Bonchev–Trinajstić information content (AvgIpc) is 2.20. The Morgan fingerprint density at radius 3 is 2.37 bits per heavy atom. The smallest absolute Gasteiger partial charge is 0.303 e. The Morgan fingerprint density at radius 1 is 1.37 bits per heavy atom. The molecule has 0 fully saturated rings. The summed E-state index contributed by atoms with van der Waals surface area (Å²) < 4.78 is 51.8. The third-order valence-corrected chi connectivity index (χ3v) is 2.47. The molecule has 0 aliphatic rings. The van der Waals surface area contributed by atoms with E-state index in [9.17, 15) is 17.7 Å². The molecule has 19 heavy (non-hydrogen) atoms. The van der Waals surface area contributed by atoms with Gasteiger partial charge in [0.1, 0.15) is 0 Å². The van der Waals surface area contributed by atoms with E-state index in [0.717, 1.165) is 0 Å². The van der Waals surface area contributed by atoms with Crippen LogP contribution < -0.4 is 0 Å². The molecular formula is C11H14F3O4P. The van der Waals surface area contributed by atoms with Gasteiger partial charge in [-0.2, -0.15) is 13.2 Å². The van der Waals surface area contributed by atoms with E-state index in [0.29, 0.717) is 12.8 Å². The van der Waals surface area contributed by atoms with Crippen LogP contribution in [0.4, 0.5) is 13.2 Å². The number of alkyl halides is 3. The lowest BCUT2D eigenvalue weighted by Crippen LogP contribution is -2.32. The lowest BCUT2D eigenvalue weighted by Gasteiger charge is -2.22. The SMILES string of the molecule is C#CCCC#CC(C)CC(OP(=O)(O)O)C(F)(F)F. The molecule has 0 bridgehead atoms. The number of halogens is 3. The zero-order valence-electron chi connectivity index (χ0n) is 10.1. The van der Waals surface area contributed by atoms with Crippen LogP contribution in [-0.4, -0.2) is 22.1 Å². The van der Waals surface area contributed by atoms with Crippen LogP contribution in [0.1, 0.15) is 26.2 Å². The first-order valence-electron chi connectivity index (χ1n) is 5.28. The van der Waals surface area contributed by atoms with Crippen molar-refractivity contribution in [3.63, 3.8) is 0 Å². The topological polar surface area (TPSA) is 66.8 Å². The molecule has 0 radical (unpaired) electrons. The molecule has 0 saturated carbocycles. The van der Waals surface area contributed by atoms with E-state index in [4.69, 9.17) is 16.2 Å². The maximum Gasteiger partial charge on any atom is 0.470 e. The van der Waals surface area contributed by atoms with E-state index < -0.39 is 32.4 Å². The van der Waals surface area contributed by atoms with Gasteiger partial charge in [-0.3, -0.25) is 4.52 Å². The number of phosphoric ester groups is 1. The predicted molar refractivity (Wildman–Crippen MR) is 62.6 cm³/mol. The molecule has 8 heteroatoms. The summed E-state index contributed by atoms with van der Waals surface area (Å²) in [4.78, 5) is 16.9. The lowest BCUT2D eigenvalue weighted by molar-refractivity contribution is -0.202. The van der Waals surface area contributed by atoms with Crippen LogP contribution in [-0.2, 0) is 9.09 Å². The van der Waals surface area contributed by atoms with Gasteiger partial charge in [0.15, 0.2) is 6.10 Å². The van der Waals surface area contributed by atoms with Crippen LogP contribution >= 0.6 is 7.82 Å². The van der Waals surface area contributed by atoms with E-state index in [-0.39, 0.29) is 0 Å². The Balaban J connectivity index is 4.61. The minimum absolute atomic E-state index is 0.358. The Kier molecular flexibility index (Phi) is 7.18. The molecule has 0 amide bonds. The van der Waals surface area contributed by atoms with Crippen molar-refractivity contribution in [3.8, 4) is 24.2 Å². The van der Waals surface area contributed by atoms with E-state index in [1.165, 1.54) is 6.92 Å². The first kappa shape index (κ1) is 18.0. The lowest BCUT2D eigenvalue weighted by atomic mass is 10.0. The maximum atomic E-state index is 12.5. The molecular weight excluding hydrogens is 284 g/mol. The van der Waals surface area contributed by atoms with Crippen molar-refractivity contribution in [1.29, 1.82) is 0 Å². The monoisotopic (exact) mass is 298 g/mol. The molecule has 2 atom stereocenters. The average molecular weight is 298 g/mol. The highest BCUT2D eigenvalue weighted by Crippen LogP contribution is 2.43. The summed E-state index contributed by atoms with van der Waals surface area (Å²) >= 11 is 0. The summed E-state index contributed by atoms with van der Waals surface area (Å²) in [7, 11) is -5.21. The second kappa shape index (κ2) is 7.57. The van der Waals surface area contributed by atoms with E-state index in [2.05, 4.69) is 22.3 Å². The Bertz CT molecular complexity index is 424. The number of terminal acetylenes is 1. The van der Waals surface area contributed by atoms with E-state index in [1.807, 2.05) is 0 Å². The summed E-state index contributed by atoms with van der Waals surface area (Å²) in [5.41, 5.74) is 0. The molecule has 0 saturated heterocycles. The highest BCUT2D eigenvalue weighted by Gasteiger charge is 2.44. The molecule has 0 spiro atoms. The van der Waals surface area contributed by atoms with Crippen LogP contribution in [0.15, 0.2) is 0 Å². The van der Waals surface area contributed by atoms with Gasteiger partial charge in [0, 0.05) is 18.8 Å². The van der Waals surface area contributed by atoms with Gasteiger partial charge in [-0.25, -0.2) is 4.57 Å². The summed E-state index contributed by atoms with van der Waals surface area (Å²) in [5, 5.41) is 0. The molecule has 0 aliphatic carbocycles. The van der Waals surface area contributed by atoms with Gasteiger partial charge in [-0.05, 0) is 6.42 Å². The van der Waals surface area contributed by atoms with E-state index >= 15 is 0 Å². The number of unbranched alkanes of at least 4 members (excludes halogenated alkanes) is 1. The number of hydrogen-bond acceptors (Lipinski definition) is 2. The third kappa shape index (κ3) is 9.58. The highest BCUT2D eigenvalue weighted by atomic mass is 31.2. The molecule has 0 aromatic rings. The van der Waals surface area contributed by atoms with Crippen LogP contribution in [0.3, 0.4) is 0 Å². The number of hydrogen-bond donors (Lipinski definition) is 2. The Labute approximate surface area is 109 Å². The van der Waals surface area contributed by atoms with Crippen LogP contribution in [0.25, 0.3) is 0 Å². The standard InChI is InChI=1S/C11H14F3O4P/c1-3-4-5-6-7-9(2)8-10(11(12,13)14)18-19(15,16)17/h1,9-10H,4-5,8H2,2H3,(H2,15,16,17). The molecule has 0 rings (SSSR count). The molecule has 2 N–H and O–H groups in total. The molecule has 0 aromatic carbocycles. The molecule has 0 heterocycles. The third-order valence-electron chi connectivity index (χ3n) is 1.94. The largest absolute Gasteiger partial charge is 0.470 e.